The fourth-order valence-corrected chi connectivity index (χ4v) is 4.74. The zero-order valence-corrected chi connectivity index (χ0v) is 22.4. The normalized spacial score (nSPS) is 13.9. The lowest BCUT2D eigenvalue weighted by molar-refractivity contribution is 0.129. The molecule has 1 saturated heterocycles. The van der Waals surface area contributed by atoms with Gasteiger partial charge in [0.15, 0.2) is 0 Å². The van der Waals surface area contributed by atoms with Crippen molar-refractivity contribution >= 4 is 12.2 Å². The SMILES string of the molecule is O=C(O)N1CCC(C=Cc2cc(F)c(-c3ccc(OCc4ccccc4)nc3OCc3ccccc3)c(F)c2)CC1. The Kier molecular flexibility index (Phi) is 8.89. The van der Waals surface area contributed by atoms with Gasteiger partial charge in [-0.15, -0.1) is 0 Å². The van der Waals surface area contributed by atoms with Gasteiger partial charge in [-0.2, -0.15) is 4.98 Å². The molecule has 3 aromatic carbocycles. The zero-order valence-electron chi connectivity index (χ0n) is 22.4. The van der Waals surface area contributed by atoms with Crippen LogP contribution in [0.2, 0.25) is 0 Å². The molecule has 0 aliphatic carbocycles. The van der Waals surface area contributed by atoms with Gasteiger partial charge in [-0.1, -0.05) is 72.8 Å². The topological polar surface area (TPSA) is 71.9 Å². The van der Waals surface area contributed by atoms with Crippen molar-refractivity contribution in [3.8, 4) is 22.9 Å². The quantitative estimate of drug-likeness (QED) is 0.230. The maximum atomic E-state index is 15.5. The van der Waals surface area contributed by atoms with E-state index in [1.165, 1.54) is 17.0 Å². The van der Waals surface area contributed by atoms with Gasteiger partial charge in [-0.25, -0.2) is 13.6 Å². The van der Waals surface area contributed by atoms with Crippen LogP contribution in [0.15, 0.2) is 91.0 Å². The smallest absolute Gasteiger partial charge is 0.407 e. The minimum absolute atomic E-state index is 0.0608. The third-order valence-electron chi connectivity index (χ3n) is 6.99. The van der Waals surface area contributed by atoms with Crippen molar-refractivity contribution in [3.05, 3.63) is 119 Å². The molecule has 1 aliphatic rings. The second-order valence-corrected chi connectivity index (χ2v) is 9.88. The first-order valence-corrected chi connectivity index (χ1v) is 13.5. The highest BCUT2D eigenvalue weighted by Gasteiger charge is 2.22. The summed E-state index contributed by atoms with van der Waals surface area (Å²) in [5, 5.41) is 9.12. The standard InChI is InChI=1S/C33H30F2N2O4/c34-28-19-26(12-11-23-15-17-37(18-16-23)33(38)39)20-29(35)31(28)27-13-14-30(40-21-24-7-3-1-4-8-24)36-32(27)41-22-25-9-5-2-6-10-25/h1-14,19-20,23H,15-18,21-22H2,(H,38,39). The molecule has 1 amide bonds. The average Bonchev–Trinajstić information content (AvgIpc) is 2.99. The summed E-state index contributed by atoms with van der Waals surface area (Å²) >= 11 is 0. The number of amides is 1. The minimum atomic E-state index is -0.926. The summed E-state index contributed by atoms with van der Waals surface area (Å²) in [5.74, 6) is -1.01. The van der Waals surface area contributed by atoms with E-state index >= 15 is 8.78 Å². The first-order chi connectivity index (χ1) is 20.0. The van der Waals surface area contributed by atoms with E-state index in [1.54, 1.807) is 18.2 Å². The Balaban J connectivity index is 1.38. The lowest BCUT2D eigenvalue weighted by atomic mass is 9.95. The van der Waals surface area contributed by atoms with Crippen LogP contribution in [0.25, 0.3) is 17.2 Å². The van der Waals surface area contributed by atoms with Crippen molar-refractivity contribution in [3.63, 3.8) is 0 Å². The van der Waals surface area contributed by atoms with E-state index in [-0.39, 0.29) is 42.0 Å². The number of hydrogen-bond donors (Lipinski definition) is 1. The van der Waals surface area contributed by atoms with Crippen LogP contribution in [0.3, 0.4) is 0 Å². The van der Waals surface area contributed by atoms with Crippen molar-refractivity contribution in [2.24, 2.45) is 5.92 Å². The lowest BCUT2D eigenvalue weighted by Crippen LogP contribution is -2.36. The van der Waals surface area contributed by atoms with E-state index in [1.807, 2.05) is 66.7 Å². The number of carbonyl (C=O) groups is 1. The maximum absolute atomic E-state index is 15.5. The van der Waals surface area contributed by atoms with Gasteiger partial charge in [0.2, 0.25) is 11.8 Å². The maximum Gasteiger partial charge on any atom is 0.407 e. The Bertz CT molecular complexity index is 1480. The Labute approximate surface area is 237 Å². The van der Waals surface area contributed by atoms with Crippen LogP contribution in [0, 0.1) is 17.6 Å². The minimum Gasteiger partial charge on any atom is -0.473 e. The molecule has 1 fully saturated rings. The second kappa shape index (κ2) is 13.1. The van der Waals surface area contributed by atoms with Crippen molar-refractivity contribution in [1.82, 2.24) is 9.88 Å². The van der Waals surface area contributed by atoms with Gasteiger partial charge in [0.1, 0.15) is 24.8 Å². The third kappa shape index (κ3) is 7.28. The number of pyridine rings is 1. The molecule has 210 valence electrons. The van der Waals surface area contributed by atoms with E-state index in [0.29, 0.717) is 31.5 Å². The predicted octanol–water partition coefficient (Wildman–Crippen LogP) is 7.59. The first-order valence-electron chi connectivity index (χ1n) is 13.5. The molecule has 6 nitrogen and oxygen atoms in total. The summed E-state index contributed by atoms with van der Waals surface area (Å²) in [6.45, 7) is 1.32. The molecule has 0 radical (unpaired) electrons. The molecule has 0 bridgehead atoms. The largest absolute Gasteiger partial charge is 0.473 e. The number of hydrogen-bond acceptors (Lipinski definition) is 4. The number of ether oxygens (including phenoxy) is 2. The number of allylic oxidation sites excluding steroid dienone is 1. The van der Waals surface area contributed by atoms with Gasteiger partial charge >= 0.3 is 6.09 Å². The van der Waals surface area contributed by atoms with Crippen LogP contribution in [0.4, 0.5) is 13.6 Å². The Morgan fingerprint density at radius 1 is 0.878 bits per heavy atom. The molecule has 0 spiro atoms. The van der Waals surface area contributed by atoms with E-state index < -0.39 is 17.7 Å². The summed E-state index contributed by atoms with van der Waals surface area (Å²) in [6, 6.07) is 24.7. The Morgan fingerprint density at radius 2 is 1.46 bits per heavy atom. The fourth-order valence-electron chi connectivity index (χ4n) is 4.74. The van der Waals surface area contributed by atoms with Gasteiger partial charge in [0.25, 0.3) is 0 Å². The highest BCUT2D eigenvalue weighted by atomic mass is 19.1. The van der Waals surface area contributed by atoms with Crippen LogP contribution in [-0.4, -0.2) is 34.2 Å². The van der Waals surface area contributed by atoms with Crippen LogP contribution in [-0.2, 0) is 13.2 Å². The highest BCUT2D eigenvalue weighted by molar-refractivity contribution is 5.72. The van der Waals surface area contributed by atoms with E-state index in [2.05, 4.69) is 4.98 Å². The molecular weight excluding hydrogens is 526 g/mol. The number of nitrogens with zero attached hydrogens (tertiary/aromatic N) is 2. The average molecular weight is 557 g/mol. The van der Waals surface area contributed by atoms with Crippen molar-refractivity contribution in [2.75, 3.05) is 13.1 Å². The van der Waals surface area contributed by atoms with Gasteiger partial charge in [0.05, 0.1) is 11.1 Å². The fraction of sp³-hybridized carbons (Fsp3) is 0.212. The molecule has 1 aromatic heterocycles. The van der Waals surface area contributed by atoms with Gasteiger partial charge in [-0.05, 0) is 53.6 Å². The Morgan fingerprint density at radius 3 is 2.05 bits per heavy atom. The lowest BCUT2D eigenvalue weighted by Gasteiger charge is -2.28. The van der Waals surface area contributed by atoms with Gasteiger partial charge in [-0.3, -0.25) is 0 Å². The van der Waals surface area contributed by atoms with Crippen molar-refractivity contribution < 1.29 is 28.2 Å². The molecule has 8 heteroatoms. The summed E-state index contributed by atoms with van der Waals surface area (Å²) < 4.78 is 42.7. The predicted molar refractivity (Wildman–Crippen MR) is 152 cm³/mol. The summed E-state index contributed by atoms with van der Waals surface area (Å²) in [6.07, 6.45) is 3.98. The van der Waals surface area contributed by atoms with E-state index in [9.17, 15) is 4.79 Å². The molecule has 4 aromatic rings. The first kappa shape index (κ1) is 27.8. The summed E-state index contributed by atoms with van der Waals surface area (Å²) in [5.41, 5.74) is 2.17. The molecular formula is C33H30F2N2O4. The third-order valence-corrected chi connectivity index (χ3v) is 6.99. The van der Waals surface area contributed by atoms with Crippen LogP contribution >= 0.6 is 0 Å². The molecule has 0 unspecified atom stereocenters. The monoisotopic (exact) mass is 556 g/mol. The summed E-state index contributed by atoms with van der Waals surface area (Å²) in [7, 11) is 0. The van der Waals surface area contributed by atoms with Crippen molar-refractivity contribution in [2.45, 2.75) is 26.1 Å². The summed E-state index contributed by atoms with van der Waals surface area (Å²) in [4.78, 5) is 17.0. The molecule has 0 atom stereocenters. The number of piperidine rings is 1. The van der Waals surface area contributed by atoms with Crippen LogP contribution in [0.1, 0.15) is 29.5 Å². The molecule has 5 rings (SSSR count). The second-order valence-electron chi connectivity index (χ2n) is 9.88. The van der Waals surface area contributed by atoms with Gasteiger partial charge in [0, 0.05) is 19.2 Å². The number of halogens is 2. The molecule has 2 heterocycles. The van der Waals surface area contributed by atoms with Crippen molar-refractivity contribution in [1.29, 1.82) is 0 Å². The van der Waals surface area contributed by atoms with Crippen LogP contribution < -0.4 is 9.47 Å². The molecule has 0 saturated carbocycles. The number of carboxylic acid groups (broad SMARTS) is 1. The Hall–Kier alpha value is -4.72. The molecule has 1 aliphatic heterocycles. The van der Waals surface area contributed by atoms with E-state index in [4.69, 9.17) is 14.6 Å². The number of aromatic nitrogens is 1. The molecule has 1 N–H and O–H groups in total. The zero-order chi connectivity index (χ0) is 28.6. The van der Waals surface area contributed by atoms with Crippen LogP contribution in [0.5, 0.6) is 11.8 Å². The number of rotatable bonds is 9. The number of benzene rings is 3. The van der Waals surface area contributed by atoms with Gasteiger partial charge < -0.3 is 19.5 Å². The highest BCUT2D eigenvalue weighted by Crippen LogP contribution is 2.36. The van der Waals surface area contributed by atoms with E-state index in [0.717, 1.165) is 11.1 Å². The molecule has 41 heavy (non-hydrogen) atoms. The number of likely N-dealkylation sites (tertiary alicyclic amines) is 1.